The highest BCUT2D eigenvalue weighted by molar-refractivity contribution is 6.30. The molecule has 2 unspecified atom stereocenters. The first-order valence-electron chi connectivity index (χ1n) is 8.75. The van der Waals surface area contributed by atoms with Crippen molar-refractivity contribution in [2.45, 2.75) is 31.7 Å². The van der Waals surface area contributed by atoms with Crippen LogP contribution >= 0.6 is 11.6 Å². The number of nitrogens with zero attached hydrogens (tertiary/aromatic N) is 3. The first kappa shape index (κ1) is 17.7. The number of aromatic nitrogens is 3. The number of piperidine rings is 1. The van der Waals surface area contributed by atoms with Crippen molar-refractivity contribution >= 4 is 17.5 Å². The molecule has 1 aliphatic heterocycles. The summed E-state index contributed by atoms with van der Waals surface area (Å²) in [7, 11) is 0. The monoisotopic (exact) mass is 388 g/mol. The van der Waals surface area contributed by atoms with Crippen molar-refractivity contribution < 1.29 is 13.7 Å². The fourth-order valence-corrected chi connectivity index (χ4v) is 3.52. The Balaban J connectivity index is 1.53. The number of hydrogen-bond donors (Lipinski definition) is 1. The van der Waals surface area contributed by atoms with Gasteiger partial charge in [0.25, 0.3) is 5.91 Å². The number of aromatic amines is 1. The molecule has 0 aliphatic carbocycles. The molecule has 27 heavy (non-hydrogen) atoms. The van der Waals surface area contributed by atoms with Crippen LogP contribution in [-0.4, -0.2) is 38.5 Å². The van der Waals surface area contributed by atoms with Crippen LogP contribution in [0.3, 0.4) is 0 Å². The van der Waals surface area contributed by atoms with E-state index in [1.807, 2.05) is 6.92 Å². The SMILES string of the molecule is CC1CCC(c2nc(-c3cc(Cl)c[nH]3)no2)CN1C(=O)c1ccc(F)cc1. The van der Waals surface area contributed by atoms with Gasteiger partial charge in [-0.2, -0.15) is 4.98 Å². The van der Waals surface area contributed by atoms with E-state index in [2.05, 4.69) is 15.1 Å². The predicted octanol–water partition coefficient (Wildman–Crippen LogP) is 4.27. The van der Waals surface area contributed by atoms with Gasteiger partial charge in [0.15, 0.2) is 0 Å². The van der Waals surface area contributed by atoms with E-state index in [9.17, 15) is 9.18 Å². The molecule has 1 N–H and O–H groups in total. The lowest BCUT2D eigenvalue weighted by molar-refractivity contribution is 0.0593. The van der Waals surface area contributed by atoms with E-state index < -0.39 is 0 Å². The van der Waals surface area contributed by atoms with Crippen LogP contribution in [0.15, 0.2) is 41.1 Å². The summed E-state index contributed by atoms with van der Waals surface area (Å²) in [6, 6.07) is 7.42. The number of halogens is 2. The summed E-state index contributed by atoms with van der Waals surface area (Å²) in [6.45, 7) is 2.49. The minimum absolute atomic E-state index is 0.0442. The molecule has 0 spiro atoms. The molecular formula is C19H18ClFN4O2. The largest absolute Gasteiger partial charge is 0.357 e. The average Bonchev–Trinajstić information content (AvgIpc) is 3.31. The number of hydrogen-bond acceptors (Lipinski definition) is 4. The van der Waals surface area contributed by atoms with Crippen LogP contribution in [0.2, 0.25) is 5.02 Å². The molecule has 4 rings (SSSR count). The van der Waals surface area contributed by atoms with Gasteiger partial charge in [-0.15, -0.1) is 0 Å². The molecule has 1 amide bonds. The minimum Gasteiger partial charge on any atom is -0.357 e. The lowest BCUT2D eigenvalue weighted by Crippen LogP contribution is -2.44. The first-order valence-corrected chi connectivity index (χ1v) is 9.13. The standard InChI is InChI=1S/C19H18ClFN4O2/c1-11-2-3-13(10-25(11)19(26)12-4-6-15(21)7-5-12)18-23-17(24-27-18)16-8-14(20)9-22-16/h4-9,11,13,22H,2-3,10H2,1H3. The maximum absolute atomic E-state index is 13.1. The zero-order valence-corrected chi connectivity index (χ0v) is 15.4. The summed E-state index contributed by atoms with van der Waals surface area (Å²) in [5, 5.41) is 4.58. The van der Waals surface area contributed by atoms with Gasteiger partial charge in [-0.3, -0.25) is 4.79 Å². The van der Waals surface area contributed by atoms with Gasteiger partial charge in [-0.25, -0.2) is 4.39 Å². The van der Waals surface area contributed by atoms with E-state index in [0.29, 0.717) is 34.5 Å². The molecule has 0 radical (unpaired) electrons. The van der Waals surface area contributed by atoms with Crippen molar-refractivity contribution in [1.29, 1.82) is 0 Å². The Morgan fingerprint density at radius 3 is 2.81 bits per heavy atom. The quantitative estimate of drug-likeness (QED) is 0.727. The smallest absolute Gasteiger partial charge is 0.254 e. The van der Waals surface area contributed by atoms with Crippen molar-refractivity contribution in [3.05, 3.63) is 58.8 Å². The van der Waals surface area contributed by atoms with E-state index >= 15 is 0 Å². The number of H-pyrrole nitrogens is 1. The predicted molar refractivity (Wildman–Crippen MR) is 98.0 cm³/mol. The van der Waals surface area contributed by atoms with Gasteiger partial charge in [0, 0.05) is 24.3 Å². The van der Waals surface area contributed by atoms with Gasteiger partial charge in [0.05, 0.1) is 16.6 Å². The lowest BCUT2D eigenvalue weighted by atomic mass is 9.92. The highest BCUT2D eigenvalue weighted by Gasteiger charge is 2.33. The molecule has 140 valence electrons. The van der Waals surface area contributed by atoms with Gasteiger partial charge in [-0.05, 0) is 50.1 Å². The van der Waals surface area contributed by atoms with E-state index in [1.165, 1.54) is 24.3 Å². The van der Waals surface area contributed by atoms with Crippen LogP contribution in [0.25, 0.3) is 11.5 Å². The second-order valence-corrected chi connectivity index (χ2v) is 7.21. The Bertz CT molecular complexity index is 953. The average molecular weight is 389 g/mol. The third kappa shape index (κ3) is 3.60. The molecule has 0 saturated carbocycles. The van der Waals surface area contributed by atoms with E-state index in [-0.39, 0.29) is 23.7 Å². The van der Waals surface area contributed by atoms with Gasteiger partial charge >= 0.3 is 0 Å². The summed E-state index contributed by atoms with van der Waals surface area (Å²) >= 11 is 5.92. The molecule has 1 aliphatic rings. The highest BCUT2D eigenvalue weighted by Crippen LogP contribution is 2.31. The van der Waals surface area contributed by atoms with E-state index in [0.717, 1.165) is 12.8 Å². The number of amides is 1. The maximum atomic E-state index is 13.1. The Morgan fingerprint density at radius 2 is 2.11 bits per heavy atom. The summed E-state index contributed by atoms with van der Waals surface area (Å²) in [5.41, 5.74) is 1.15. The molecule has 3 heterocycles. The summed E-state index contributed by atoms with van der Waals surface area (Å²) < 4.78 is 18.6. The molecular weight excluding hydrogens is 371 g/mol. The molecule has 0 bridgehead atoms. The second-order valence-electron chi connectivity index (χ2n) is 6.78. The first-order chi connectivity index (χ1) is 13.0. The molecule has 3 aromatic rings. The zero-order chi connectivity index (χ0) is 19.0. The van der Waals surface area contributed by atoms with E-state index in [4.69, 9.17) is 16.1 Å². The third-order valence-electron chi connectivity index (χ3n) is 4.91. The normalized spacial score (nSPS) is 20.0. The summed E-state index contributed by atoms with van der Waals surface area (Å²) in [4.78, 5) is 22.1. The highest BCUT2D eigenvalue weighted by atomic mass is 35.5. The zero-order valence-electron chi connectivity index (χ0n) is 14.7. The lowest BCUT2D eigenvalue weighted by Gasteiger charge is -2.36. The minimum atomic E-state index is -0.362. The topological polar surface area (TPSA) is 75.0 Å². The van der Waals surface area contributed by atoms with Crippen LogP contribution in [0.1, 0.15) is 41.9 Å². The molecule has 8 heteroatoms. The number of rotatable bonds is 3. The number of carbonyl (C=O) groups excluding carboxylic acids is 1. The Hall–Kier alpha value is -2.67. The molecule has 1 fully saturated rings. The Labute approximate surface area is 160 Å². The fourth-order valence-electron chi connectivity index (χ4n) is 3.36. The summed E-state index contributed by atoms with van der Waals surface area (Å²) in [5.74, 6) is 0.408. The van der Waals surface area contributed by atoms with Crippen molar-refractivity contribution in [3.63, 3.8) is 0 Å². The van der Waals surface area contributed by atoms with Crippen LogP contribution in [0.5, 0.6) is 0 Å². The van der Waals surface area contributed by atoms with Crippen molar-refractivity contribution in [3.8, 4) is 11.5 Å². The third-order valence-corrected chi connectivity index (χ3v) is 5.13. The van der Waals surface area contributed by atoms with Crippen LogP contribution in [0, 0.1) is 5.82 Å². The van der Waals surface area contributed by atoms with Gasteiger partial charge in [0.2, 0.25) is 11.7 Å². The number of benzene rings is 1. The number of likely N-dealkylation sites (tertiary alicyclic amines) is 1. The van der Waals surface area contributed by atoms with Crippen molar-refractivity contribution in [2.75, 3.05) is 6.54 Å². The molecule has 2 aromatic heterocycles. The van der Waals surface area contributed by atoms with Crippen LogP contribution in [0.4, 0.5) is 4.39 Å². The van der Waals surface area contributed by atoms with Crippen LogP contribution in [-0.2, 0) is 0 Å². The Kier molecular flexibility index (Phi) is 4.70. The van der Waals surface area contributed by atoms with Gasteiger partial charge in [0.1, 0.15) is 5.82 Å². The van der Waals surface area contributed by atoms with Gasteiger partial charge < -0.3 is 14.4 Å². The van der Waals surface area contributed by atoms with Crippen LogP contribution < -0.4 is 0 Å². The van der Waals surface area contributed by atoms with Crippen molar-refractivity contribution in [1.82, 2.24) is 20.0 Å². The van der Waals surface area contributed by atoms with Crippen molar-refractivity contribution in [2.24, 2.45) is 0 Å². The Morgan fingerprint density at radius 1 is 1.33 bits per heavy atom. The molecule has 6 nitrogen and oxygen atoms in total. The number of nitrogens with one attached hydrogen (secondary N) is 1. The maximum Gasteiger partial charge on any atom is 0.254 e. The molecule has 1 saturated heterocycles. The summed E-state index contributed by atoms with van der Waals surface area (Å²) in [6.07, 6.45) is 3.32. The molecule has 1 aromatic carbocycles. The second kappa shape index (κ2) is 7.15. The van der Waals surface area contributed by atoms with E-state index in [1.54, 1.807) is 17.2 Å². The number of carbonyl (C=O) groups is 1. The molecule has 2 atom stereocenters. The van der Waals surface area contributed by atoms with Gasteiger partial charge in [-0.1, -0.05) is 16.8 Å². The fraction of sp³-hybridized carbons (Fsp3) is 0.316.